The van der Waals surface area contributed by atoms with Crippen LogP contribution in [0.2, 0.25) is 0 Å². The molecule has 0 spiro atoms. The van der Waals surface area contributed by atoms with Gasteiger partial charge in [-0.3, -0.25) is 0 Å². The van der Waals surface area contributed by atoms with Gasteiger partial charge < -0.3 is 19.2 Å². The fourth-order valence-corrected chi connectivity index (χ4v) is 3.03. The Hall–Kier alpha value is -2.47. The number of furan rings is 1. The molecule has 0 aliphatic rings. The Kier molecular flexibility index (Phi) is 4.99. The van der Waals surface area contributed by atoms with Crippen LogP contribution in [-0.4, -0.2) is 23.5 Å². The number of nitrogens with zero attached hydrogens (tertiary/aromatic N) is 2. The summed E-state index contributed by atoms with van der Waals surface area (Å²) in [5.74, 6) is 2.44. The number of fused-ring (bicyclic) bond motifs is 1. The molecule has 2 heterocycles. The summed E-state index contributed by atoms with van der Waals surface area (Å²) in [4.78, 5) is 0. The molecule has 2 aromatic heterocycles. The maximum absolute atomic E-state index is 6.05. The minimum Gasteiger partial charge on any atom is -0.490 e. The van der Waals surface area contributed by atoms with Crippen molar-refractivity contribution in [2.45, 2.75) is 33.4 Å². The van der Waals surface area contributed by atoms with Crippen LogP contribution < -0.4 is 14.8 Å². The summed E-state index contributed by atoms with van der Waals surface area (Å²) < 4.78 is 18.9. The van der Waals surface area contributed by atoms with Crippen LogP contribution in [0.3, 0.4) is 0 Å². The summed E-state index contributed by atoms with van der Waals surface area (Å²) >= 11 is 0. The van der Waals surface area contributed by atoms with Crippen molar-refractivity contribution in [3.63, 3.8) is 0 Å². The maximum Gasteiger partial charge on any atom is 0.216 e. The van der Waals surface area contributed by atoms with Crippen molar-refractivity contribution >= 4 is 11.0 Å². The van der Waals surface area contributed by atoms with E-state index in [1.165, 1.54) is 0 Å². The molecule has 1 atom stereocenters. The van der Waals surface area contributed by atoms with Crippen LogP contribution in [0.4, 0.5) is 0 Å². The van der Waals surface area contributed by atoms with E-state index < -0.39 is 0 Å². The third-order valence-corrected chi connectivity index (χ3v) is 4.32. The molecule has 0 amide bonds. The van der Waals surface area contributed by atoms with Gasteiger partial charge in [-0.15, -0.1) is 0 Å². The molecule has 0 bridgehead atoms. The molecule has 0 saturated heterocycles. The predicted octanol–water partition coefficient (Wildman–Crippen LogP) is 3.73. The van der Waals surface area contributed by atoms with Gasteiger partial charge in [0.05, 0.1) is 31.0 Å². The van der Waals surface area contributed by atoms with Crippen molar-refractivity contribution in [2.24, 2.45) is 7.05 Å². The number of hydrogen-bond donors (Lipinski definition) is 1. The van der Waals surface area contributed by atoms with Crippen LogP contribution in [0, 0.1) is 6.92 Å². The third kappa shape index (κ3) is 3.35. The average molecular weight is 343 g/mol. The fraction of sp³-hybridized carbons (Fsp3) is 0.421. The molecular weight excluding hydrogens is 318 g/mol. The molecule has 0 radical (unpaired) electrons. The summed E-state index contributed by atoms with van der Waals surface area (Å²) in [6.07, 6.45) is 0. The van der Waals surface area contributed by atoms with E-state index in [1.807, 2.05) is 39.1 Å². The van der Waals surface area contributed by atoms with Gasteiger partial charge in [-0.1, -0.05) is 12.1 Å². The molecule has 0 aliphatic heterocycles. The summed E-state index contributed by atoms with van der Waals surface area (Å²) in [7, 11) is 3.55. The Balaban J connectivity index is 1.79. The molecule has 3 aromatic rings. The Morgan fingerprint density at radius 3 is 2.88 bits per heavy atom. The van der Waals surface area contributed by atoms with Gasteiger partial charge in [-0.2, -0.15) is 5.10 Å². The molecule has 0 aliphatic carbocycles. The first-order chi connectivity index (χ1) is 12.0. The number of nitrogens with one attached hydrogen (secondary N) is 1. The van der Waals surface area contributed by atoms with Gasteiger partial charge in [0.1, 0.15) is 5.76 Å². The Morgan fingerprint density at radius 1 is 1.36 bits per heavy atom. The molecule has 134 valence electrons. The van der Waals surface area contributed by atoms with Crippen molar-refractivity contribution in [1.82, 2.24) is 15.1 Å². The maximum atomic E-state index is 6.05. The van der Waals surface area contributed by atoms with E-state index in [2.05, 4.69) is 23.4 Å². The number of benzene rings is 1. The van der Waals surface area contributed by atoms with E-state index in [4.69, 9.17) is 13.9 Å². The van der Waals surface area contributed by atoms with Gasteiger partial charge in [0.25, 0.3) is 0 Å². The van der Waals surface area contributed by atoms with Crippen molar-refractivity contribution in [3.05, 3.63) is 41.3 Å². The number of hydrogen-bond acceptors (Lipinski definition) is 5. The van der Waals surface area contributed by atoms with Gasteiger partial charge in [0, 0.05) is 19.0 Å². The smallest absolute Gasteiger partial charge is 0.216 e. The zero-order valence-electron chi connectivity index (χ0n) is 15.4. The van der Waals surface area contributed by atoms with Crippen LogP contribution >= 0.6 is 0 Å². The second-order valence-corrected chi connectivity index (χ2v) is 6.06. The van der Waals surface area contributed by atoms with Gasteiger partial charge in [-0.05, 0) is 32.9 Å². The summed E-state index contributed by atoms with van der Waals surface area (Å²) in [6.45, 7) is 7.30. The fourth-order valence-electron chi connectivity index (χ4n) is 3.03. The van der Waals surface area contributed by atoms with Crippen LogP contribution in [-0.2, 0) is 13.6 Å². The van der Waals surface area contributed by atoms with E-state index in [0.29, 0.717) is 13.2 Å². The largest absolute Gasteiger partial charge is 0.490 e. The average Bonchev–Trinajstić information content (AvgIpc) is 3.14. The van der Waals surface area contributed by atoms with Crippen molar-refractivity contribution < 1.29 is 13.9 Å². The highest BCUT2D eigenvalue weighted by molar-refractivity contribution is 5.83. The Labute approximate surface area is 147 Å². The first-order valence-corrected chi connectivity index (χ1v) is 8.50. The third-order valence-electron chi connectivity index (χ3n) is 4.32. The molecule has 0 saturated carbocycles. The zero-order valence-corrected chi connectivity index (χ0v) is 15.4. The number of methoxy groups -OCH3 is 1. The topological polar surface area (TPSA) is 61.5 Å². The van der Waals surface area contributed by atoms with E-state index in [-0.39, 0.29) is 6.04 Å². The molecule has 1 aromatic carbocycles. The van der Waals surface area contributed by atoms with Crippen molar-refractivity contribution in [1.29, 1.82) is 0 Å². The number of ether oxygens (including phenoxy) is 2. The second kappa shape index (κ2) is 7.19. The van der Waals surface area contributed by atoms with Crippen LogP contribution in [0.1, 0.15) is 36.9 Å². The normalized spacial score (nSPS) is 12.5. The van der Waals surface area contributed by atoms with Gasteiger partial charge in [-0.25, -0.2) is 4.68 Å². The summed E-state index contributed by atoms with van der Waals surface area (Å²) in [5, 5.41) is 8.95. The minimum absolute atomic E-state index is 0.0474. The lowest BCUT2D eigenvalue weighted by Gasteiger charge is -2.12. The van der Waals surface area contributed by atoms with Gasteiger partial charge in [0.2, 0.25) is 5.88 Å². The number of aromatic nitrogens is 2. The van der Waals surface area contributed by atoms with Crippen LogP contribution in [0.5, 0.6) is 11.6 Å². The lowest BCUT2D eigenvalue weighted by atomic mass is 10.2. The molecule has 25 heavy (non-hydrogen) atoms. The van der Waals surface area contributed by atoms with E-state index in [0.717, 1.165) is 39.6 Å². The lowest BCUT2D eigenvalue weighted by molar-refractivity contribution is 0.336. The lowest BCUT2D eigenvalue weighted by Crippen LogP contribution is -2.18. The predicted molar refractivity (Wildman–Crippen MR) is 97.1 cm³/mol. The molecule has 0 unspecified atom stereocenters. The Bertz CT molecular complexity index is 866. The van der Waals surface area contributed by atoms with E-state index >= 15 is 0 Å². The second-order valence-electron chi connectivity index (χ2n) is 6.06. The summed E-state index contributed by atoms with van der Waals surface area (Å²) in [5.41, 5.74) is 2.81. The van der Waals surface area contributed by atoms with Crippen LogP contribution in [0.25, 0.3) is 11.0 Å². The number of aryl methyl sites for hydroxylation is 2. The van der Waals surface area contributed by atoms with Crippen molar-refractivity contribution in [2.75, 3.05) is 13.7 Å². The zero-order chi connectivity index (χ0) is 18.0. The number of para-hydroxylation sites is 1. The summed E-state index contributed by atoms with van der Waals surface area (Å²) in [6, 6.07) is 8.05. The first kappa shape index (κ1) is 17.4. The highest BCUT2D eigenvalue weighted by Crippen LogP contribution is 2.31. The van der Waals surface area contributed by atoms with Gasteiger partial charge >= 0.3 is 0 Å². The highest BCUT2D eigenvalue weighted by Gasteiger charge is 2.17. The highest BCUT2D eigenvalue weighted by atomic mass is 16.5. The molecular formula is C19H25N3O3. The molecule has 6 heteroatoms. The van der Waals surface area contributed by atoms with E-state index in [1.54, 1.807) is 11.8 Å². The van der Waals surface area contributed by atoms with Crippen molar-refractivity contribution in [3.8, 4) is 11.6 Å². The number of rotatable bonds is 7. The molecule has 0 fully saturated rings. The molecule has 3 rings (SSSR count). The molecule has 6 nitrogen and oxygen atoms in total. The Morgan fingerprint density at radius 2 is 2.16 bits per heavy atom. The minimum atomic E-state index is 0.0474. The standard InChI is InChI=1S/C19H25N3O3/c1-6-24-16-9-7-8-14-10-17(25-18(14)16)13(3)20-11-15-12(2)21-22(4)19(15)23-5/h7-10,13,20H,6,11H2,1-5H3/t13-/m1/s1. The van der Waals surface area contributed by atoms with E-state index in [9.17, 15) is 0 Å². The monoisotopic (exact) mass is 343 g/mol. The first-order valence-electron chi connectivity index (χ1n) is 8.50. The molecule has 1 N–H and O–H groups in total. The van der Waals surface area contributed by atoms with Crippen LogP contribution in [0.15, 0.2) is 28.7 Å². The quantitative estimate of drug-likeness (QED) is 0.708. The van der Waals surface area contributed by atoms with Gasteiger partial charge in [0.15, 0.2) is 11.3 Å². The SMILES string of the molecule is CCOc1cccc2cc([C@@H](C)NCc3c(C)nn(C)c3OC)oc12.